The van der Waals surface area contributed by atoms with Crippen LogP contribution in [0, 0.1) is 5.92 Å². The number of amides is 2. The lowest BCUT2D eigenvalue weighted by Gasteiger charge is -2.18. The van der Waals surface area contributed by atoms with Gasteiger partial charge in [-0.05, 0) is 40.5 Å². The fraction of sp³-hybridized carbons (Fsp3) is 0.350. The molecule has 1 aromatic carbocycles. The van der Waals surface area contributed by atoms with Gasteiger partial charge in [0.2, 0.25) is 17.7 Å². The summed E-state index contributed by atoms with van der Waals surface area (Å²) in [6, 6.07) is 11.1. The van der Waals surface area contributed by atoms with E-state index < -0.39 is 5.92 Å². The van der Waals surface area contributed by atoms with Gasteiger partial charge in [0.15, 0.2) is 0 Å². The molecule has 7 nitrogen and oxygen atoms in total. The van der Waals surface area contributed by atoms with Crippen molar-refractivity contribution >= 4 is 33.4 Å². The van der Waals surface area contributed by atoms with E-state index in [1.54, 1.807) is 24.3 Å². The van der Waals surface area contributed by atoms with Crippen molar-refractivity contribution in [1.29, 1.82) is 0 Å². The average molecular weight is 448 g/mol. The number of rotatable bonds is 8. The number of carbonyl (C=O) groups is 2. The minimum Gasteiger partial charge on any atom is -0.475 e. The van der Waals surface area contributed by atoms with Crippen molar-refractivity contribution in [2.45, 2.75) is 13.0 Å². The molecule has 1 aromatic heterocycles. The number of nitrogens with one attached hydrogen (secondary N) is 1. The first-order valence-electron chi connectivity index (χ1n) is 9.01. The van der Waals surface area contributed by atoms with Crippen LogP contribution in [0.4, 0.5) is 5.69 Å². The first-order chi connectivity index (χ1) is 13.6. The third-order valence-electron chi connectivity index (χ3n) is 4.49. The minimum atomic E-state index is -0.693. The molecule has 0 bridgehead atoms. The summed E-state index contributed by atoms with van der Waals surface area (Å²) in [5.41, 5.74) is 1.53. The molecule has 8 heteroatoms. The predicted molar refractivity (Wildman–Crippen MR) is 108 cm³/mol. The maximum atomic E-state index is 12.7. The normalized spacial score (nSPS) is 16.3. The van der Waals surface area contributed by atoms with Crippen LogP contribution >= 0.6 is 15.9 Å². The van der Waals surface area contributed by atoms with Crippen molar-refractivity contribution in [2.75, 3.05) is 31.8 Å². The summed E-state index contributed by atoms with van der Waals surface area (Å²) in [6.45, 7) is 1.58. The maximum absolute atomic E-state index is 12.7. The third kappa shape index (κ3) is 4.69. The zero-order valence-corrected chi connectivity index (χ0v) is 17.1. The van der Waals surface area contributed by atoms with E-state index in [1.807, 2.05) is 30.3 Å². The van der Waals surface area contributed by atoms with Crippen molar-refractivity contribution in [3.63, 3.8) is 0 Å². The van der Waals surface area contributed by atoms with Crippen LogP contribution in [0.25, 0.3) is 0 Å². The van der Waals surface area contributed by atoms with Gasteiger partial charge in [-0.15, -0.1) is 0 Å². The Bertz CT molecular complexity index is 846. The summed E-state index contributed by atoms with van der Waals surface area (Å²) in [5.74, 6) is -0.715. The maximum Gasteiger partial charge on any atom is 0.239 e. The van der Waals surface area contributed by atoms with E-state index in [0.29, 0.717) is 32.1 Å². The molecule has 0 spiro atoms. The molecular formula is C20H22BrN3O4. The molecule has 3 rings (SSSR count). The molecule has 1 aliphatic rings. The highest BCUT2D eigenvalue weighted by Gasteiger charge is 2.38. The Morgan fingerprint density at radius 3 is 2.89 bits per heavy atom. The second kappa shape index (κ2) is 9.66. The van der Waals surface area contributed by atoms with Crippen molar-refractivity contribution in [3.05, 3.63) is 52.6 Å². The molecular weight excluding hydrogens is 426 g/mol. The van der Waals surface area contributed by atoms with E-state index in [9.17, 15) is 9.59 Å². The molecule has 0 aliphatic carbocycles. The Hall–Kier alpha value is -2.45. The van der Waals surface area contributed by atoms with Gasteiger partial charge < -0.3 is 19.7 Å². The van der Waals surface area contributed by atoms with Crippen molar-refractivity contribution in [1.82, 2.24) is 10.3 Å². The summed E-state index contributed by atoms with van der Waals surface area (Å²) in [6.07, 6.45) is 2.11. The predicted octanol–water partition coefficient (Wildman–Crippen LogP) is 2.54. The first kappa shape index (κ1) is 20.3. The lowest BCUT2D eigenvalue weighted by Crippen LogP contribution is -2.36. The van der Waals surface area contributed by atoms with Crippen LogP contribution in [-0.4, -0.2) is 43.7 Å². The van der Waals surface area contributed by atoms with Gasteiger partial charge in [-0.3, -0.25) is 9.59 Å². The van der Waals surface area contributed by atoms with Crippen LogP contribution in [0.15, 0.2) is 47.1 Å². The number of para-hydroxylation sites is 1. The Kier molecular flexibility index (Phi) is 7.00. The lowest BCUT2D eigenvalue weighted by atomic mass is 10.1. The molecule has 2 heterocycles. The number of aromatic nitrogens is 1. The second-order valence-corrected chi connectivity index (χ2v) is 7.16. The van der Waals surface area contributed by atoms with Crippen molar-refractivity contribution < 1.29 is 19.1 Å². The van der Waals surface area contributed by atoms with E-state index in [0.717, 1.165) is 15.7 Å². The lowest BCUT2D eigenvalue weighted by molar-refractivity contribution is -0.132. The number of ether oxygens (including phenoxy) is 2. The molecule has 148 valence electrons. The molecule has 1 N–H and O–H groups in total. The highest BCUT2D eigenvalue weighted by Crippen LogP contribution is 2.31. The molecule has 0 saturated carbocycles. The van der Waals surface area contributed by atoms with Gasteiger partial charge in [-0.25, -0.2) is 4.98 Å². The largest absolute Gasteiger partial charge is 0.475 e. The van der Waals surface area contributed by atoms with Gasteiger partial charge in [-0.2, -0.15) is 0 Å². The molecule has 1 atom stereocenters. The summed E-state index contributed by atoms with van der Waals surface area (Å²) in [7, 11) is 1.60. The van der Waals surface area contributed by atoms with Gasteiger partial charge in [0.1, 0.15) is 12.5 Å². The smallest absolute Gasteiger partial charge is 0.239 e. The fourth-order valence-corrected chi connectivity index (χ4v) is 3.55. The molecule has 1 aliphatic heterocycles. The van der Waals surface area contributed by atoms with Gasteiger partial charge in [0.05, 0.1) is 12.3 Å². The fourth-order valence-electron chi connectivity index (χ4n) is 3.05. The Morgan fingerprint density at radius 1 is 1.29 bits per heavy atom. The van der Waals surface area contributed by atoms with Crippen LogP contribution in [0.2, 0.25) is 0 Å². The first-order valence-corrected chi connectivity index (χ1v) is 9.80. The third-order valence-corrected chi connectivity index (χ3v) is 5.17. The number of methoxy groups -OCH3 is 1. The van der Waals surface area contributed by atoms with Gasteiger partial charge in [0.25, 0.3) is 0 Å². The summed E-state index contributed by atoms with van der Waals surface area (Å²) in [5, 5.41) is 2.84. The Labute approximate surface area is 172 Å². The van der Waals surface area contributed by atoms with E-state index >= 15 is 0 Å². The highest BCUT2D eigenvalue weighted by molar-refractivity contribution is 9.10. The number of nitrogens with zero attached hydrogens (tertiary/aromatic N) is 2. The summed E-state index contributed by atoms with van der Waals surface area (Å²) in [4.78, 5) is 31.2. The number of halogens is 1. The van der Waals surface area contributed by atoms with Crippen LogP contribution < -0.4 is 15.0 Å². The van der Waals surface area contributed by atoms with Gasteiger partial charge in [-0.1, -0.05) is 18.2 Å². The Morgan fingerprint density at radius 2 is 2.11 bits per heavy atom. The number of anilines is 1. The summed E-state index contributed by atoms with van der Waals surface area (Å²) >= 11 is 3.46. The van der Waals surface area contributed by atoms with Crippen LogP contribution in [0.1, 0.15) is 12.0 Å². The monoisotopic (exact) mass is 447 g/mol. The molecule has 28 heavy (non-hydrogen) atoms. The molecule has 0 radical (unpaired) electrons. The number of carbonyl (C=O) groups excluding carboxylic acids is 2. The Balaban J connectivity index is 1.60. The quantitative estimate of drug-likeness (QED) is 0.496. The van der Waals surface area contributed by atoms with E-state index in [-0.39, 0.29) is 18.4 Å². The molecule has 1 saturated heterocycles. The topological polar surface area (TPSA) is 80.8 Å². The zero-order chi connectivity index (χ0) is 19.9. The van der Waals surface area contributed by atoms with E-state index in [1.165, 1.54) is 0 Å². The molecule has 1 unspecified atom stereocenters. The van der Waals surface area contributed by atoms with Gasteiger partial charge >= 0.3 is 0 Å². The minimum absolute atomic E-state index is 0.188. The molecule has 2 aromatic rings. The molecule has 1 fully saturated rings. The van der Waals surface area contributed by atoms with E-state index in [2.05, 4.69) is 26.2 Å². The van der Waals surface area contributed by atoms with Crippen molar-refractivity contribution in [3.8, 4) is 5.88 Å². The van der Waals surface area contributed by atoms with Crippen LogP contribution in [0.3, 0.4) is 0 Å². The second-order valence-electron chi connectivity index (χ2n) is 6.31. The van der Waals surface area contributed by atoms with E-state index in [4.69, 9.17) is 9.47 Å². The van der Waals surface area contributed by atoms with Crippen LogP contribution in [-0.2, 0) is 20.9 Å². The molecule has 2 amide bonds. The standard InChI is InChI=1S/C20H22BrN3O4/c1-27-11-12-28-19-14(5-4-9-22-19)13-23-18(25)15-8-10-24(20(15)26)17-7-3-2-6-16(17)21/h2-7,9,15H,8,10-13H2,1H3,(H,23,25). The number of hydrogen-bond acceptors (Lipinski definition) is 5. The average Bonchev–Trinajstić information content (AvgIpc) is 3.09. The van der Waals surface area contributed by atoms with Gasteiger partial charge in [0, 0.05) is 36.4 Å². The number of benzene rings is 1. The number of pyridine rings is 1. The highest BCUT2D eigenvalue weighted by atomic mass is 79.9. The van der Waals surface area contributed by atoms with Crippen molar-refractivity contribution in [2.24, 2.45) is 5.92 Å². The zero-order valence-electron chi connectivity index (χ0n) is 15.6. The summed E-state index contributed by atoms with van der Waals surface area (Å²) < 4.78 is 11.4. The van der Waals surface area contributed by atoms with Crippen LogP contribution in [0.5, 0.6) is 5.88 Å². The SMILES string of the molecule is COCCOc1ncccc1CNC(=O)C1CCN(c2ccccc2Br)C1=O. The number of hydrogen-bond donors (Lipinski definition) is 1.